The second kappa shape index (κ2) is 8.04. The van der Waals surface area contributed by atoms with Gasteiger partial charge in [0.15, 0.2) is 0 Å². The summed E-state index contributed by atoms with van der Waals surface area (Å²) in [6.45, 7) is 2.30. The van der Waals surface area contributed by atoms with Gasteiger partial charge in [-0.15, -0.1) is 0 Å². The number of fused-ring (bicyclic) bond motifs is 1. The van der Waals surface area contributed by atoms with E-state index in [-0.39, 0.29) is 12.0 Å². The molecule has 24 heavy (non-hydrogen) atoms. The predicted octanol–water partition coefficient (Wildman–Crippen LogP) is 1.94. The fourth-order valence-corrected chi connectivity index (χ4v) is 3.01. The molecule has 5 nitrogen and oxygen atoms in total. The number of carbonyl (C=O) groups is 1. The minimum absolute atomic E-state index is 0.0122. The van der Waals surface area contributed by atoms with Crippen molar-refractivity contribution in [3.63, 3.8) is 0 Å². The number of pyridine rings is 1. The molecule has 0 saturated heterocycles. The number of amides is 1. The lowest BCUT2D eigenvalue weighted by Crippen LogP contribution is -2.38. The first-order valence-electron chi connectivity index (χ1n) is 8.26. The minimum Gasteiger partial charge on any atom is -0.371 e. The van der Waals surface area contributed by atoms with Crippen LogP contribution >= 0.6 is 0 Å². The van der Waals surface area contributed by atoms with Crippen LogP contribution in [0.3, 0.4) is 0 Å². The Morgan fingerprint density at radius 2 is 2.08 bits per heavy atom. The molecule has 0 saturated carbocycles. The second-order valence-electron chi connectivity index (χ2n) is 6.14. The lowest BCUT2D eigenvalue weighted by Gasteiger charge is -2.26. The Morgan fingerprint density at radius 1 is 1.29 bits per heavy atom. The van der Waals surface area contributed by atoms with Crippen LogP contribution in [0.1, 0.15) is 22.8 Å². The van der Waals surface area contributed by atoms with Gasteiger partial charge < -0.3 is 10.1 Å². The van der Waals surface area contributed by atoms with Crippen LogP contribution in [-0.4, -0.2) is 42.5 Å². The Balaban J connectivity index is 1.48. The molecular formula is C19H23N3O2. The van der Waals surface area contributed by atoms with E-state index in [1.54, 1.807) is 12.4 Å². The van der Waals surface area contributed by atoms with E-state index in [1.807, 2.05) is 36.2 Å². The van der Waals surface area contributed by atoms with E-state index in [0.29, 0.717) is 19.7 Å². The molecule has 0 fully saturated rings. The third-order valence-electron chi connectivity index (χ3n) is 4.19. The van der Waals surface area contributed by atoms with Crippen LogP contribution in [0.2, 0.25) is 0 Å². The maximum atomic E-state index is 12.2. The van der Waals surface area contributed by atoms with Crippen molar-refractivity contribution < 1.29 is 9.53 Å². The molecule has 1 N–H and O–H groups in total. The Hall–Kier alpha value is -2.24. The van der Waals surface area contributed by atoms with Crippen molar-refractivity contribution in [2.75, 3.05) is 26.7 Å². The summed E-state index contributed by atoms with van der Waals surface area (Å²) in [4.78, 5) is 18.2. The number of nitrogens with zero attached hydrogens (tertiary/aromatic N) is 2. The monoisotopic (exact) mass is 325 g/mol. The summed E-state index contributed by atoms with van der Waals surface area (Å²) in [6.07, 6.45) is 4.42. The highest BCUT2D eigenvalue weighted by atomic mass is 16.5. The van der Waals surface area contributed by atoms with Crippen LogP contribution in [0.15, 0.2) is 48.8 Å². The number of nitrogens with one attached hydrogen (secondary N) is 1. The van der Waals surface area contributed by atoms with E-state index in [4.69, 9.17) is 4.74 Å². The highest BCUT2D eigenvalue weighted by Crippen LogP contribution is 2.26. The van der Waals surface area contributed by atoms with Crippen LogP contribution in [0.4, 0.5) is 0 Å². The molecule has 0 aliphatic carbocycles. The van der Waals surface area contributed by atoms with Gasteiger partial charge in [0.1, 0.15) is 6.10 Å². The molecule has 0 spiro atoms. The van der Waals surface area contributed by atoms with Gasteiger partial charge in [0.25, 0.3) is 0 Å². The SMILES string of the molecule is CN(CC(=O)NC[C@@H]1OCCc2ccccc21)Cc1ccncc1. The molecule has 0 bridgehead atoms. The average Bonchev–Trinajstić information content (AvgIpc) is 2.60. The van der Waals surface area contributed by atoms with E-state index >= 15 is 0 Å². The van der Waals surface area contributed by atoms with Crippen LogP contribution in [0.25, 0.3) is 0 Å². The lowest BCUT2D eigenvalue weighted by molar-refractivity contribution is -0.122. The molecule has 126 valence electrons. The Labute approximate surface area is 142 Å². The average molecular weight is 325 g/mol. The number of likely N-dealkylation sites (N-methyl/N-ethyl adjacent to an activating group) is 1. The molecule has 1 amide bonds. The van der Waals surface area contributed by atoms with Gasteiger partial charge >= 0.3 is 0 Å². The number of aromatic nitrogens is 1. The number of hydrogen-bond acceptors (Lipinski definition) is 4. The van der Waals surface area contributed by atoms with E-state index in [0.717, 1.165) is 18.5 Å². The molecule has 3 rings (SSSR count). The van der Waals surface area contributed by atoms with Crippen LogP contribution in [-0.2, 0) is 22.5 Å². The van der Waals surface area contributed by atoms with Crippen molar-refractivity contribution in [2.24, 2.45) is 0 Å². The molecule has 0 unspecified atom stereocenters. The molecule has 1 aromatic carbocycles. The van der Waals surface area contributed by atoms with Gasteiger partial charge in [0, 0.05) is 25.5 Å². The fraction of sp³-hybridized carbons (Fsp3) is 0.368. The van der Waals surface area contributed by atoms with Gasteiger partial charge in [-0.1, -0.05) is 24.3 Å². The molecule has 1 aliphatic rings. The van der Waals surface area contributed by atoms with Gasteiger partial charge in [0.05, 0.1) is 13.2 Å². The summed E-state index contributed by atoms with van der Waals surface area (Å²) in [5.74, 6) is 0.0122. The molecule has 2 heterocycles. The molecule has 1 atom stereocenters. The van der Waals surface area contributed by atoms with Gasteiger partial charge in [-0.2, -0.15) is 0 Å². The number of rotatable bonds is 6. The van der Waals surface area contributed by atoms with Gasteiger partial charge in [-0.3, -0.25) is 14.7 Å². The van der Waals surface area contributed by atoms with E-state index in [2.05, 4.69) is 22.4 Å². The smallest absolute Gasteiger partial charge is 0.234 e. The van der Waals surface area contributed by atoms with Crippen molar-refractivity contribution in [2.45, 2.75) is 19.1 Å². The highest BCUT2D eigenvalue weighted by molar-refractivity contribution is 5.78. The molecule has 1 aliphatic heterocycles. The van der Waals surface area contributed by atoms with Crippen LogP contribution < -0.4 is 5.32 Å². The largest absolute Gasteiger partial charge is 0.371 e. The van der Waals surface area contributed by atoms with Crippen molar-refractivity contribution in [1.82, 2.24) is 15.2 Å². The van der Waals surface area contributed by atoms with Crippen molar-refractivity contribution >= 4 is 5.91 Å². The summed E-state index contributed by atoms with van der Waals surface area (Å²) >= 11 is 0. The second-order valence-corrected chi connectivity index (χ2v) is 6.14. The minimum atomic E-state index is -0.0515. The van der Waals surface area contributed by atoms with Crippen molar-refractivity contribution in [1.29, 1.82) is 0 Å². The lowest BCUT2D eigenvalue weighted by atomic mass is 9.97. The maximum Gasteiger partial charge on any atom is 0.234 e. The van der Waals surface area contributed by atoms with E-state index in [9.17, 15) is 4.79 Å². The highest BCUT2D eigenvalue weighted by Gasteiger charge is 2.21. The molecule has 5 heteroatoms. The molecule has 0 radical (unpaired) electrons. The first kappa shape index (κ1) is 16.6. The van der Waals surface area contributed by atoms with Gasteiger partial charge in [-0.05, 0) is 42.3 Å². The Morgan fingerprint density at radius 3 is 2.92 bits per heavy atom. The zero-order chi connectivity index (χ0) is 16.8. The third kappa shape index (κ3) is 4.40. The fourth-order valence-electron chi connectivity index (χ4n) is 3.01. The zero-order valence-corrected chi connectivity index (χ0v) is 13.9. The number of carbonyl (C=O) groups excluding carboxylic acids is 1. The standard InChI is InChI=1S/C19H23N3O2/c1-22(13-15-6-9-20-10-7-15)14-19(23)21-12-18-17-5-3-2-4-16(17)8-11-24-18/h2-7,9-10,18H,8,11-14H2,1H3,(H,21,23)/t18-/m0/s1. The van der Waals surface area contributed by atoms with Crippen LogP contribution in [0, 0.1) is 0 Å². The zero-order valence-electron chi connectivity index (χ0n) is 13.9. The number of ether oxygens (including phenoxy) is 1. The van der Waals surface area contributed by atoms with Gasteiger partial charge in [0.2, 0.25) is 5.91 Å². The Bertz CT molecular complexity index is 675. The summed E-state index contributed by atoms with van der Waals surface area (Å²) < 4.78 is 5.82. The number of hydrogen-bond donors (Lipinski definition) is 1. The molecular weight excluding hydrogens is 302 g/mol. The van der Waals surface area contributed by atoms with Crippen molar-refractivity contribution in [3.8, 4) is 0 Å². The topological polar surface area (TPSA) is 54.5 Å². The van der Waals surface area contributed by atoms with E-state index < -0.39 is 0 Å². The quantitative estimate of drug-likeness (QED) is 0.882. The third-order valence-corrected chi connectivity index (χ3v) is 4.19. The summed E-state index contributed by atoms with van der Waals surface area (Å²) in [6, 6.07) is 12.2. The van der Waals surface area contributed by atoms with Crippen LogP contribution in [0.5, 0.6) is 0 Å². The first-order valence-corrected chi connectivity index (χ1v) is 8.26. The molecule has 1 aromatic heterocycles. The first-order chi connectivity index (χ1) is 11.7. The van der Waals surface area contributed by atoms with Crippen molar-refractivity contribution in [3.05, 3.63) is 65.5 Å². The maximum absolute atomic E-state index is 12.2. The summed E-state index contributed by atoms with van der Waals surface area (Å²) in [7, 11) is 1.94. The normalized spacial score (nSPS) is 16.7. The molecule has 2 aromatic rings. The Kier molecular flexibility index (Phi) is 5.56. The van der Waals surface area contributed by atoms with Gasteiger partial charge in [-0.25, -0.2) is 0 Å². The predicted molar refractivity (Wildman–Crippen MR) is 92.4 cm³/mol. The summed E-state index contributed by atoms with van der Waals surface area (Å²) in [5, 5.41) is 2.99. The van der Waals surface area contributed by atoms with E-state index in [1.165, 1.54) is 11.1 Å². The summed E-state index contributed by atoms with van der Waals surface area (Å²) in [5.41, 5.74) is 3.65. The number of benzene rings is 1.